The Morgan fingerprint density at radius 3 is 2.67 bits per heavy atom. The molecule has 0 spiro atoms. The van der Waals surface area contributed by atoms with Gasteiger partial charge in [-0.3, -0.25) is 0 Å². The Bertz CT molecular complexity index is 486. The fourth-order valence-electron chi connectivity index (χ4n) is 2.64. The highest BCUT2D eigenvalue weighted by atomic mass is 32.1. The van der Waals surface area contributed by atoms with Crippen molar-refractivity contribution in [2.75, 3.05) is 19.8 Å². The van der Waals surface area contributed by atoms with Gasteiger partial charge in [-0.25, -0.2) is 9.78 Å². The first-order valence-corrected chi connectivity index (χ1v) is 8.25. The van der Waals surface area contributed by atoms with E-state index >= 15 is 0 Å². The Labute approximate surface area is 129 Å². The van der Waals surface area contributed by atoms with Crippen LogP contribution in [0.25, 0.3) is 0 Å². The first-order valence-electron chi connectivity index (χ1n) is 7.43. The van der Waals surface area contributed by atoms with E-state index in [0.29, 0.717) is 42.7 Å². The minimum absolute atomic E-state index is 0.351. The van der Waals surface area contributed by atoms with E-state index in [0.717, 1.165) is 17.8 Å². The Hall–Kier alpha value is -0.980. The average molecular weight is 313 g/mol. The molecule has 118 valence electrons. The number of rotatable bonds is 6. The third-order valence-electron chi connectivity index (χ3n) is 3.60. The second kappa shape index (κ2) is 6.85. The number of thiazole rings is 1. The van der Waals surface area contributed by atoms with Crippen molar-refractivity contribution >= 4 is 17.3 Å². The molecule has 2 rings (SSSR count). The molecule has 0 amide bonds. The third-order valence-corrected chi connectivity index (χ3v) is 4.88. The van der Waals surface area contributed by atoms with Gasteiger partial charge in [-0.1, -0.05) is 13.8 Å². The smallest absolute Gasteiger partial charge is 0.347 e. The van der Waals surface area contributed by atoms with Gasteiger partial charge in [-0.05, 0) is 19.3 Å². The first-order chi connectivity index (χ1) is 9.98. The van der Waals surface area contributed by atoms with Gasteiger partial charge in [0.1, 0.15) is 15.5 Å². The summed E-state index contributed by atoms with van der Waals surface area (Å²) in [6.45, 7) is 7.93. The number of carbonyl (C=O) groups is 1. The van der Waals surface area contributed by atoms with E-state index in [1.807, 2.05) is 6.92 Å². The molecule has 1 N–H and O–H groups in total. The fourth-order valence-corrected chi connectivity index (χ4v) is 3.77. The van der Waals surface area contributed by atoms with Crippen LogP contribution in [0.15, 0.2) is 0 Å². The molecular weight excluding hydrogens is 290 g/mol. The molecule has 1 fully saturated rings. The standard InChI is InChI=1S/C15H23NO4S/c1-4-20-15(5-7-19-8-6-15)14-16-11(9-10(2)3)12(21-14)13(17)18/h10H,4-9H2,1-3H3,(H,17,18). The SMILES string of the molecule is CCOC1(c2nc(CC(C)C)c(C(=O)O)s2)CCOCC1. The highest BCUT2D eigenvalue weighted by Gasteiger charge is 2.39. The largest absolute Gasteiger partial charge is 0.477 e. The van der Waals surface area contributed by atoms with Gasteiger partial charge in [-0.2, -0.15) is 0 Å². The summed E-state index contributed by atoms with van der Waals surface area (Å²) in [5, 5.41) is 10.2. The number of aromatic carboxylic acids is 1. The van der Waals surface area contributed by atoms with Crippen molar-refractivity contribution in [3.8, 4) is 0 Å². The van der Waals surface area contributed by atoms with Gasteiger partial charge in [0.25, 0.3) is 0 Å². The lowest BCUT2D eigenvalue weighted by atomic mass is 9.94. The lowest BCUT2D eigenvalue weighted by Gasteiger charge is -2.35. The van der Waals surface area contributed by atoms with Crippen LogP contribution in [0, 0.1) is 5.92 Å². The van der Waals surface area contributed by atoms with Gasteiger partial charge in [0.05, 0.1) is 5.69 Å². The van der Waals surface area contributed by atoms with Crippen molar-refractivity contribution in [1.29, 1.82) is 0 Å². The fraction of sp³-hybridized carbons (Fsp3) is 0.733. The topological polar surface area (TPSA) is 68.7 Å². The van der Waals surface area contributed by atoms with Crippen LogP contribution in [0.4, 0.5) is 0 Å². The van der Waals surface area contributed by atoms with Gasteiger partial charge >= 0.3 is 5.97 Å². The quantitative estimate of drug-likeness (QED) is 0.874. The minimum atomic E-state index is -0.895. The summed E-state index contributed by atoms with van der Waals surface area (Å²) < 4.78 is 11.4. The van der Waals surface area contributed by atoms with Crippen LogP contribution in [0.5, 0.6) is 0 Å². The predicted octanol–water partition coefficient (Wildman–Crippen LogP) is 3.08. The zero-order valence-corrected chi connectivity index (χ0v) is 13.7. The van der Waals surface area contributed by atoms with Gasteiger partial charge < -0.3 is 14.6 Å². The van der Waals surface area contributed by atoms with Crippen LogP contribution < -0.4 is 0 Å². The number of hydrogen-bond donors (Lipinski definition) is 1. The summed E-state index contributed by atoms with van der Waals surface area (Å²) in [4.78, 5) is 16.5. The van der Waals surface area contributed by atoms with E-state index in [9.17, 15) is 9.90 Å². The van der Waals surface area contributed by atoms with Gasteiger partial charge in [0.15, 0.2) is 0 Å². The summed E-state index contributed by atoms with van der Waals surface area (Å²) in [7, 11) is 0. The highest BCUT2D eigenvalue weighted by Crippen LogP contribution is 2.39. The summed E-state index contributed by atoms with van der Waals surface area (Å²) in [5.41, 5.74) is 0.208. The molecule has 0 aromatic carbocycles. The molecule has 1 aliphatic rings. The molecule has 2 heterocycles. The summed E-state index contributed by atoms with van der Waals surface area (Å²) in [5.74, 6) is -0.524. The zero-order valence-electron chi connectivity index (χ0n) is 12.8. The molecule has 1 aromatic heterocycles. The van der Waals surface area contributed by atoms with Crippen LogP contribution in [0.2, 0.25) is 0 Å². The zero-order chi connectivity index (χ0) is 15.5. The van der Waals surface area contributed by atoms with E-state index in [-0.39, 0.29) is 0 Å². The predicted molar refractivity (Wildman–Crippen MR) is 81.0 cm³/mol. The van der Waals surface area contributed by atoms with Crippen molar-refractivity contribution in [2.24, 2.45) is 5.92 Å². The maximum Gasteiger partial charge on any atom is 0.347 e. The molecule has 0 bridgehead atoms. The number of hydrogen-bond acceptors (Lipinski definition) is 5. The molecule has 0 unspecified atom stereocenters. The number of ether oxygens (including phenoxy) is 2. The van der Waals surface area contributed by atoms with Crippen molar-refractivity contribution in [1.82, 2.24) is 4.98 Å². The van der Waals surface area contributed by atoms with E-state index < -0.39 is 11.6 Å². The van der Waals surface area contributed by atoms with E-state index in [2.05, 4.69) is 18.8 Å². The maximum atomic E-state index is 11.5. The number of carboxylic acids is 1. The molecule has 1 aliphatic heterocycles. The molecule has 0 atom stereocenters. The van der Waals surface area contributed by atoms with Crippen LogP contribution in [0.3, 0.4) is 0 Å². The molecule has 6 heteroatoms. The molecule has 21 heavy (non-hydrogen) atoms. The van der Waals surface area contributed by atoms with Crippen LogP contribution in [0.1, 0.15) is 54.0 Å². The number of carboxylic acid groups (broad SMARTS) is 1. The van der Waals surface area contributed by atoms with E-state index in [1.54, 1.807) is 0 Å². The Morgan fingerprint density at radius 2 is 2.14 bits per heavy atom. The average Bonchev–Trinajstić information content (AvgIpc) is 2.84. The molecule has 1 aromatic rings. The minimum Gasteiger partial charge on any atom is -0.477 e. The molecule has 1 saturated heterocycles. The summed E-state index contributed by atoms with van der Waals surface area (Å²) >= 11 is 1.26. The van der Waals surface area contributed by atoms with Crippen LogP contribution >= 0.6 is 11.3 Å². The molecule has 0 aliphatic carbocycles. The van der Waals surface area contributed by atoms with E-state index in [4.69, 9.17) is 9.47 Å². The van der Waals surface area contributed by atoms with Crippen molar-refractivity contribution in [3.63, 3.8) is 0 Å². The van der Waals surface area contributed by atoms with Gasteiger partial charge in [0, 0.05) is 32.7 Å². The van der Waals surface area contributed by atoms with Gasteiger partial charge in [0.2, 0.25) is 0 Å². The Kier molecular flexibility index (Phi) is 5.35. The molecular formula is C15H23NO4S. The molecule has 5 nitrogen and oxygen atoms in total. The number of nitrogens with zero attached hydrogens (tertiary/aromatic N) is 1. The molecule has 0 radical (unpaired) electrons. The Morgan fingerprint density at radius 1 is 1.48 bits per heavy atom. The Balaban J connectivity index is 2.38. The van der Waals surface area contributed by atoms with Crippen LogP contribution in [-0.2, 0) is 21.5 Å². The second-order valence-electron chi connectivity index (χ2n) is 5.74. The van der Waals surface area contributed by atoms with Crippen LogP contribution in [-0.4, -0.2) is 35.9 Å². The van der Waals surface area contributed by atoms with E-state index in [1.165, 1.54) is 11.3 Å². The van der Waals surface area contributed by atoms with Crippen molar-refractivity contribution in [2.45, 2.75) is 45.6 Å². The lowest BCUT2D eigenvalue weighted by molar-refractivity contribution is -0.112. The third kappa shape index (κ3) is 3.62. The van der Waals surface area contributed by atoms with Crippen molar-refractivity contribution < 1.29 is 19.4 Å². The second-order valence-corrected chi connectivity index (χ2v) is 6.74. The number of aromatic nitrogens is 1. The molecule has 0 saturated carbocycles. The summed E-state index contributed by atoms with van der Waals surface area (Å²) in [6, 6.07) is 0. The maximum absolute atomic E-state index is 11.5. The monoisotopic (exact) mass is 313 g/mol. The first kappa shape index (κ1) is 16.4. The van der Waals surface area contributed by atoms with Crippen molar-refractivity contribution in [3.05, 3.63) is 15.6 Å². The lowest BCUT2D eigenvalue weighted by Crippen LogP contribution is -2.36. The van der Waals surface area contributed by atoms with Gasteiger partial charge in [-0.15, -0.1) is 11.3 Å². The highest BCUT2D eigenvalue weighted by molar-refractivity contribution is 7.13. The normalized spacial score (nSPS) is 18.1. The summed E-state index contributed by atoms with van der Waals surface area (Å²) in [6.07, 6.45) is 2.14.